The number of aromatic nitrogens is 1. The molecule has 0 atom stereocenters. The van der Waals surface area contributed by atoms with Crippen LogP contribution in [0.15, 0.2) is 99.9 Å². The summed E-state index contributed by atoms with van der Waals surface area (Å²) in [5.74, 6) is -8.65. The first kappa shape index (κ1) is 44.4. The third-order valence-corrected chi connectivity index (χ3v) is 9.62. The summed E-state index contributed by atoms with van der Waals surface area (Å²) in [6.07, 6.45) is 0.0907. The fourth-order valence-electron chi connectivity index (χ4n) is 5.73. The first-order chi connectivity index (χ1) is 27.9. The largest absolute Gasteiger partial charge is 0.488 e. The minimum Gasteiger partial charge on any atom is -0.488 e. The minimum atomic E-state index is -1.40. The number of carboxylic acids is 1. The van der Waals surface area contributed by atoms with Crippen LogP contribution in [0.3, 0.4) is 0 Å². The number of hydrogen-bond donors (Lipinski definition) is 1. The normalized spacial score (nSPS) is 10.8. The molecule has 1 aromatic heterocycles. The molecule has 59 heavy (non-hydrogen) atoms. The lowest BCUT2D eigenvalue weighted by molar-refractivity contribution is -0.117. The minimum absolute atomic E-state index is 0.00141. The number of ketones is 2. The number of ether oxygens (including phenoxy) is 2. The SMILES string of the molecule is CC(=O)CCC(=O)c1cc(Br)ccc1OCc1c(F)cc(F)cc1F.Cc1ccc(-c2cc(Br)ccc2OCc2c(F)cc(F)cc2F)n1-c1ccc(F)c(C(=O)O)c1. The van der Waals surface area contributed by atoms with E-state index >= 15 is 0 Å². The van der Waals surface area contributed by atoms with E-state index in [1.807, 2.05) is 0 Å². The molecule has 0 radical (unpaired) electrons. The van der Waals surface area contributed by atoms with Gasteiger partial charge in [-0.1, -0.05) is 31.9 Å². The summed E-state index contributed by atoms with van der Waals surface area (Å²) in [4.78, 5) is 34.7. The molecule has 0 aliphatic heterocycles. The standard InChI is InChI=1S/C25H16BrF4NO3.C18H14BrF3O3/c1-13-2-6-23(31(13)16-4-5-20(28)17(11-16)25(32)33)18-8-14(26)3-7-24(18)34-12-19-21(29)9-15(27)10-22(19)30;1-10(23)2-4-17(24)13-6-11(19)3-5-18(13)25-9-14-15(21)7-12(20)8-16(14)22/h2-11H,12H2,1H3,(H,32,33);3,5-8H,2,4,9H2,1H3. The number of benzene rings is 5. The van der Waals surface area contributed by atoms with E-state index in [-0.39, 0.29) is 41.5 Å². The van der Waals surface area contributed by atoms with E-state index < -0.39 is 76.6 Å². The fraction of sp³-hybridized carbons (Fsp3) is 0.140. The van der Waals surface area contributed by atoms with Gasteiger partial charge in [0.2, 0.25) is 0 Å². The summed E-state index contributed by atoms with van der Waals surface area (Å²) >= 11 is 6.63. The van der Waals surface area contributed by atoms with Gasteiger partial charge in [0.05, 0.1) is 27.9 Å². The molecule has 0 saturated carbocycles. The molecule has 0 unspecified atom stereocenters. The Kier molecular flexibility index (Phi) is 14.5. The van der Waals surface area contributed by atoms with E-state index in [9.17, 15) is 50.2 Å². The zero-order valence-corrected chi connectivity index (χ0v) is 34.0. The van der Waals surface area contributed by atoms with Crippen molar-refractivity contribution in [2.75, 3.05) is 0 Å². The number of carbonyl (C=O) groups excluding carboxylic acids is 2. The molecule has 1 N–H and O–H groups in total. The van der Waals surface area contributed by atoms with Crippen LogP contribution >= 0.6 is 31.9 Å². The second-order valence-electron chi connectivity index (χ2n) is 12.8. The molecule has 1 heterocycles. The van der Waals surface area contributed by atoms with E-state index in [0.29, 0.717) is 50.2 Å². The molecular formula is C43H30Br2F7NO6. The first-order valence-electron chi connectivity index (χ1n) is 17.3. The number of aryl methyl sites for hydroxylation is 1. The Morgan fingerprint density at radius 1 is 0.610 bits per heavy atom. The number of halogens is 9. The van der Waals surface area contributed by atoms with Crippen LogP contribution in [0.4, 0.5) is 30.7 Å². The second-order valence-corrected chi connectivity index (χ2v) is 14.7. The third kappa shape index (κ3) is 11.1. The number of hydrogen-bond acceptors (Lipinski definition) is 5. The van der Waals surface area contributed by atoms with Crippen molar-refractivity contribution in [2.24, 2.45) is 0 Å². The Morgan fingerprint density at radius 2 is 1.14 bits per heavy atom. The Morgan fingerprint density at radius 3 is 1.68 bits per heavy atom. The monoisotopic (exact) mass is 947 g/mol. The summed E-state index contributed by atoms with van der Waals surface area (Å²) in [7, 11) is 0. The molecule has 306 valence electrons. The van der Waals surface area contributed by atoms with Crippen molar-refractivity contribution in [3.63, 3.8) is 0 Å². The van der Waals surface area contributed by atoms with Crippen LogP contribution in [0.5, 0.6) is 11.5 Å². The van der Waals surface area contributed by atoms with Crippen molar-refractivity contribution in [3.05, 3.63) is 169 Å². The van der Waals surface area contributed by atoms with Gasteiger partial charge in [-0.05, 0) is 80.6 Å². The number of carboxylic acid groups (broad SMARTS) is 1. The van der Waals surface area contributed by atoms with Crippen LogP contribution in [0.25, 0.3) is 16.9 Å². The van der Waals surface area contributed by atoms with Crippen molar-refractivity contribution < 1.29 is 59.7 Å². The van der Waals surface area contributed by atoms with Gasteiger partial charge >= 0.3 is 5.97 Å². The number of aromatic carboxylic acids is 1. The quantitative estimate of drug-likeness (QED) is 0.0915. The number of carbonyl (C=O) groups is 3. The van der Waals surface area contributed by atoms with Gasteiger partial charge in [0, 0.05) is 63.0 Å². The van der Waals surface area contributed by atoms with E-state index in [1.165, 1.54) is 31.2 Å². The average Bonchev–Trinajstić information content (AvgIpc) is 3.55. The van der Waals surface area contributed by atoms with Gasteiger partial charge in [-0.3, -0.25) is 4.79 Å². The van der Waals surface area contributed by atoms with Gasteiger partial charge in [-0.15, -0.1) is 0 Å². The van der Waals surface area contributed by atoms with Gasteiger partial charge in [-0.25, -0.2) is 35.5 Å². The lowest BCUT2D eigenvalue weighted by atomic mass is 10.0. The summed E-state index contributed by atoms with van der Waals surface area (Å²) < 4.78 is 110. The summed E-state index contributed by atoms with van der Waals surface area (Å²) in [5.41, 5.74) is 1.06. The zero-order valence-electron chi connectivity index (χ0n) is 30.8. The molecule has 0 amide bonds. The van der Waals surface area contributed by atoms with Gasteiger partial charge in [0.1, 0.15) is 71.2 Å². The zero-order chi connectivity index (χ0) is 43.1. The molecule has 0 spiro atoms. The van der Waals surface area contributed by atoms with E-state index in [1.54, 1.807) is 47.9 Å². The molecule has 5 aromatic carbocycles. The van der Waals surface area contributed by atoms with Crippen LogP contribution in [0, 0.1) is 47.6 Å². The molecule has 16 heteroatoms. The topological polar surface area (TPSA) is 94.8 Å². The van der Waals surface area contributed by atoms with Crippen LogP contribution in [0.1, 0.15) is 57.3 Å². The van der Waals surface area contributed by atoms with E-state index in [4.69, 9.17) is 9.47 Å². The highest BCUT2D eigenvalue weighted by Crippen LogP contribution is 2.37. The van der Waals surface area contributed by atoms with Crippen molar-refractivity contribution >= 4 is 49.4 Å². The predicted molar refractivity (Wildman–Crippen MR) is 210 cm³/mol. The van der Waals surface area contributed by atoms with E-state index in [0.717, 1.165) is 11.8 Å². The van der Waals surface area contributed by atoms with Crippen LogP contribution < -0.4 is 9.47 Å². The fourth-order valence-corrected chi connectivity index (χ4v) is 6.45. The average molecular weight is 950 g/mol. The molecule has 7 nitrogen and oxygen atoms in total. The van der Waals surface area contributed by atoms with Crippen molar-refractivity contribution in [1.29, 1.82) is 0 Å². The van der Waals surface area contributed by atoms with Crippen LogP contribution in [-0.4, -0.2) is 27.2 Å². The van der Waals surface area contributed by atoms with Gasteiger partial charge < -0.3 is 23.9 Å². The van der Waals surface area contributed by atoms with Crippen LogP contribution in [0.2, 0.25) is 0 Å². The van der Waals surface area contributed by atoms with E-state index in [2.05, 4.69) is 31.9 Å². The number of rotatable bonds is 13. The van der Waals surface area contributed by atoms with Crippen molar-refractivity contribution in [1.82, 2.24) is 4.57 Å². The Labute approximate surface area is 349 Å². The summed E-state index contributed by atoms with van der Waals surface area (Å²) in [5, 5.41) is 9.30. The first-order valence-corrected chi connectivity index (χ1v) is 18.9. The lowest BCUT2D eigenvalue weighted by Gasteiger charge is -2.17. The Bertz CT molecular complexity index is 2530. The molecule has 0 saturated heterocycles. The Hall–Kier alpha value is -5.74. The molecule has 6 aromatic rings. The molecule has 0 fully saturated rings. The van der Waals surface area contributed by atoms with Gasteiger partial charge in [0.25, 0.3) is 0 Å². The van der Waals surface area contributed by atoms with Gasteiger partial charge in [0.15, 0.2) is 5.78 Å². The number of nitrogens with zero attached hydrogens (tertiary/aromatic N) is 1. The maximum atomic E-state index is 14.1. The Balaban J connectivity index is 0.000000236. The third-order valence-electron chi connectivity index (χ3n) is 8.63. The summed E-state index contributed by atoms with van der Waals surface area (Å²) in [6, 6.07) is 19.1. The maximum Gasteiger partial charge on any atom is 0.338 e. The molecule has 6 rings (SSSR count). The number of Topliss-reactive ketones (excluding diaryl/α,β-unsaturated/α-hetero) is 2. The van der Waals surface area contributed by atoms with Crippen LogP contribution in [-0.2, 0) is 18.0 Å². The second kappa shape index (κ2) is 19.3. The highest BCUT2D eigenvalue weighted by atomic mass is 79.9. The highest BCUT2D eigenvalue weighted by Gasteiger charge is 2.20. The predicted octanol–water partition coefficient (Wildman–Crippen LogP) is 12.0. The van der Waals surface area contributed by atoms with Crippen molar-refractivity contribution in [2.45, 2.75) is 39.9 Å². The molecular weight excluding hydrogens is 919 g/mol. The molecule has 0 aliphatic carbocycles. The highest BCUT2D eigenvalue weighted by molar-refractivity contribution is 9.10. The maximum absolute atomic E-state index is 14.1. The van der Waals surface area contributed by atoms with Gasteiger partial charge in [-0.2, -0.15) is 0 Å². The smallest absolute Gasteiger partial charge is 0.338 e. The molecule has 0 bridgehead atoms. The van der Waals surface area contributed by atoms with Crippen molar-refractivity contribution in [3.8, 4) is 28.4 Å². The summed E-state index contributed by atoms with van der Waals surface area (Å²) in [6.45, 7) is 2.17. The lowest BCUT2D eigenvalue weighted by Crippen LogP contribution is -2.08. The molecule has 0 aliphatic rings.